The number of nitrogens with zero attached hydrogens (tertiary/aromatic N) is 2. The first kappa shape index (κ1) is 13.2. The standard InChI is InChI=1S/C11H7BrClF2N3/c1-5-10(13)16-4-17-11(5)18-9-2-6(12)7(14)3-8(9)15/h2-4H,1H3,(H,16,17,18). The van der Waals surface area contributed by atoms with E-state index >= 15 is 0 Å². The average Bonchev–Trinajstić information content (AvgIpc) is 2.32. The van der Waals surface area contributed by atoms with Crippen molar-refractivity contribution in [1.29, 1.82) is 0 Å². The summed E-state index contributed by atoms with van der Waals surface area (Å²) in [6.07, 6.45) is 1.26. The predicted octanol–water partition coefficient (Wildman–Crippen LogP) is 4.22. The molecule has 0 bridgehead atoms. The van der Waals surface area contributed by atoms with Crippen LogP contribution in [0.3, 0.4) is 0 Å². The van der Waals surface area contributed by atoms with Crippen LogP contribution in [-0.2, 0) is 0 Å². The molecule has 18 heavy (non-hydrogen) atoms. The Hall–Kier alpha value is -1.27. The summed E-state index contributed by atoms with van der Waals surface area (Å²) >= 11 is 8.81. The zero-order chi connectivity index (χ0) is 13.3. The molecule has 1 aromatic carbocycles. The van der Waals surface area contributed by atoms with E-state index in [2.05, 4.69) is 31.2 Å². The molecule has 1 heterocycles. The minimum absolute atomic E-state index is 0.0983. The molecule has 0 spiro atoms. The van der Waals surface area contributed by atoms with Gasteiger partial charge in [-0.15, -0.1) is 0 Å². The molecule has 0 aliphatic carbocycles. The second kappa shape index (κ2) is 5.16. The number of rotatable bonds is 2. The molecule has 0 saturated heterocycles. The molecule has 0 saturated carbocycles. The Balaban J connectivity index is 2.40. The summed E-state index contributed by atoms with van der Waals surface area (Å²) < 4.78 is 26.8. The lowest BCUT2D eigenvalue weighted by molar-refractivity contribution is 0.581. The number of benzene rings is 1. The first-order valence-electron chi connectivity index (χ1n) is 4.87. The summed E-state index contributed by atoms with van der Waals surface area (Å²) in [6.45, 7) is 1.70. The van der Waals surface area contributed by atoms with Gasteiger partial charge in [-0.3, -0.25) is 0 Å². The molecule has 0 radical (unpaired) electrons. The Bertz CT molecular complexity index is 607. The van der Waals surface area contributed by atoms with Crippen molar-refractivity contribution in [3.05, 3.63) is 45.3 Å². The third-order valence-corrected chi connectivity index (χ3v) is 3.27. The third kappa shape index (κ3) is 2.59. The molecule has 3 nitrogen and oxygen atoms in total. The van der Waals surface area contributed by atoms with Crippen LogP contribution in [0.25, 0.3) is 0 Å². The molecule has 2 aromatic rings. The quantitative estimate of drug-likeness (QED) is 0.660. The lowest BCUT2D eigenvalue weighted by Crippen LogP contribution is -2.00. The molecule has 1 N–H and O–H groups in total. The van der Waals surface area contributed by atoms with Crippen LogP contribution in [0, 0.1) is 18.6 Å². The summed E-state index contributed by atoms with van der Waals surface area (Å²) in [5.41, 5.74) is 0.681. The molecular formula is C11H7BrClF2N3. The molecule has 2 rings (SSSR count). The summed E-state index contributed by atoms with van der Waals surface area (Å²) in [5.74, 6) is -1.02. The Morgan fingerprint density at radius 1 is 1.22 bits per heavy atom. The number of aromatic nitrogens is 2. The number of halogens is 4. The Morgan fingerprint density at radius 2 is 1.94 bits per heavy atom. The van der Waals surface area contributed by atoms with Crippen molar-refractivity contribution in [3.8, 4) is 0 Å². The van der Waals surface area contributed by atoms with Gasteiger partial charge in [0.1, 0.15) is 28.9 Å². The van der Waals surface area contributed by atoms with Gasteiger partial charge in [-0.2, -0.15) is 0 Å². The Labute approximate surface area is 115 Å². The van der Waals surface area contributed by atoms with Crippen molar-refractivity contribution in [2.24, 2.45) is 0 Å². The van der Waals surface area contributed by atoms with Crippen LogP contribution >= 0.6 is 27.5 Å². The van der Waals surface area contributed by atoms with E-state index in [1.54, 1.807) is 6.92 Å². The highest BCUT2D eigenvalue weighted by atomic mass is 79.9. The molecule has 0 amide bonds. The highest BCUT2D eigenvalue weighted by Crippen LogP contribution is 2.27. The fourth-order valence-corrected chi connectivity index (χ4v) is 1.78. The van der Waals surface area contributed by atoms with Crippen LogP contribution in [0.2, 0.25) is 5.15 Å². The minimum atomic E-state index is -0.718. The summed E-state index contributed by atoms with van der Waals surface area (Å²) in [7, 11) is 0. The summed E-state index contributed by atoms with van der Waals surface area (Å²) in [4.78, 5) is 7.73. The van der Waals surface area contributed by atoms with Gasteiger partial charge in [-0.05, 0) is 28.9 Å². The van der Waals surface area contributed by atoms with E-state index in [9.17, 15) is 8.78 Å². The van der Waals surface area contributed by atoms with Crippen LogP contribution in [-0.4, -0.2) is 9.97 Å². The van der Waals surface area contributed by atoms with Gasteiger partial charge in [0.25, 0.3) is 0 Å². The van der Waals surface area contributed by atoms with Crippen LogP contribution in [0.1, 0.15) is 5.56 Å². The molecule has 1 aromatic heterocycles. The lowest BCUT2D eigenvalue weighted by atomic mass is 10.2. The lowest BCUT2D eigenvalue weighted by Gasteiger charge is -2.10. The van der Waals surface area contributed by atoms with E-state index < -0.39 is 11.6 Å². The summed E-state index contributed by atoms with van der Waals surface area (Å²) in [5, 5.41) is 3.01. The molecule has 0 aliphatic rings. The van der Waals surface area contributed by atoms with Gasteiger partial charge < -0.3 is 5.32 Å². The molecule has 0 fully saturated rings. The van der Waals surface area contributed by atoms with E-state index in [1.165, 1.54) is 12.4 Å². The molecule has 7 heteroatoms. The minimum Gasteiger partial charge on any atom is -0.337 e. The van der Waals surface area contributed by atoms with Gasteiger partial charge in [-0.25, -0.2) is 18.7 Å². The monoisotopic (exact) mass is 333 g/mol. The van der Waals surface area contributed by atoms with Gasteiger partial charge in [0.05, 0.1) is 10.2 Å². The van der Waals surface area contributed by atoms with Crippen molar-refractivity contribution < 1.29 is 8.78 Å². The van der Waals surface area contributed by atoms with Crippen LogP contribution < -0.4 is 5.32 Å². The van der Waals surface area contributed by atoms with Gasteiger partial charge in [0, 0.05) is 11.6 Å². The van der Waals surface area contributed by atoms with Gasteiger partial charge in [0.15, 0.2) is 0 Å². The zero-order valence-corrected chi connectivity index (χ0v) is 11.5. The Kier molecular flexibility index (Phi) is 3.77. The topological polar surface area (TPSA) is 37.8 Å². The van der Waals surface area contributed by atoms with Crippen LogP contribution in [0.4, 0.5) is 20.3 Å². The van der Waals surface area contributed by atoms with Crippen molar-refractivity contribution in [2.45, 2.75) is 6.92 Å². The number of hydrogen-bond donors (Lipinski definition) is 1. The van der Waals surface area contributed by atoms with Gasteiger partial charge in [0.2, 0.25) is 0 Å². The van der Waals surface area contributed by atoms with Crippen LogP contribution in [0.15, 0.2) is 22.9 Å². The van der Waals surface area contributed by atoms with Gasteiger partial charge in [-0.1, -0.05) is 11.6 Å². The zero-order valence-electron chi connectivity index (χ0n) is 9.14. The molecule has 94 valence electrons. The average molecular weight is 335 g/mol. The molecule has 0 atom stereocenters. The number of anilines is 2. The maximum absolute atomic E-state index is 13.5. The highest BCUT2D eigenvalue weighted by Gasteiger charge is 2.11. The fraction of sp³-hybridized carbons (Fsp3) is 0.0909. The van der Waals surface area contributed by atoms with E-state index in [0.717, 1.165) is 6.07 Å². The van der Waals surface area contributed by atoms with E-state index in [1.807, 2.05) is 0 Å². The normalized spacial score (nSPS) is 10.5. The second-order valence-electron chi connectivity index (χ2n) is 3.51. The SMILES string of the molecule is Cc1c(Cl)ncnc1Nc1cc(Br)c(F)cc1F. The molecule has 0 unspecified atom stereocenters. The van der Waals surface area contributed by atoms with Gasteiger partial charge >= 0.3 is 0 Å². The molecular weight excluding hydrogens is 327 g/mol. The number of nitrogens with one attached hydrogen (secondary N) is 1. The first-order valence-corrected chi connectivity index (χ1v) is 6.05. The maximum Gasteiger partial charge on any atom is 0.149 e. The largest absolute Gasteiger partial charge is 0.337 e. The number of hydrogen-bond acceptors (Lipinski definition) is 3. The first-order chi connectivity index (χ1) is 8.49. The third-order valence-electron chi connectivity index (χ3n) is 2.29. The highest BCUT2D eigenvalue weighted by molar-refractivity contribution is 9.10. The van der Waals surface area contributed by atoms with Crippen molar-refractivity contribution >= 4 is 39.0 Å². The second-order valence-corrected chi connectivity index (χ2v) is 4.72. The predicted molar refractivity (Wildman–Crippen MR) is 69.1 cm³/mol. The smallest absolute Gasteiger partial charge is 0.149 e. The Morgan fingerprint density at radius 3 is 2.67 bits per heavy atom. The van der Waals surface area contributed by atoms with Crippen molar-refractivity contribution in [3.63, 3.8) is 0 Å². The van der Waals surface area contributed by atoms with Crippen molar-refractivity contribution in [2.75, 3.05) is 5.32 Å². The van der Waals surface area contributed by atoms with E-state index in [-0.39, 0.29) is 15.3 Å². The fourth-order valence-electron chi connectivity index (χ4n) is 1.30. The van der Waals surface area contributed by atoms with E-state index in [0.29, 0.717) is 11.4 Å². The summed E-state index contributed by atoms with van der Waals surface area (Å²) in [6, 6.07) is 2.07. The van der Waals surface area contributed by atoms with Crippen molar-refractivity contribution in [1.82, 2.24) is 9.97 Å². The maximum atomic E-state index is 13.5. The molecule has 0 aliphatic heterocycles. The van der Waals surface area contributed by atoms with Crippen LogP contribution in [0.5, 0.6) is 0 Å². The van der Waals surface area contributed by atoms with E-state index in [4.69, 9.17) is 11.6 Å².